The number of carbonyl (C=O) groups excluding carboxylic acids is 3. The Labute approximate surface area is 241 Å². The number of unbranched alkanes of at least 4 members (excludes halogenated alkanes) is 1. The van der Waals surface area contributed by atoms with Crippen molar-refractivity contribution in [2.75, 3.05) is 23.7 Å². The summed E-state index contributed by atoms with van der Waals surface area (Å²) in [6, 6.07) is 19.8. The minimum absolute atomic E-state index is 0.0527. The van der Waals surface area contributed by atoms with Crippen molar-refractivity contribution in [2.24, 2.45) is 0 Å². The van der Waals surface area contributed by atoms with E-state index in [2.05, 4.69) is 5.32 Å². The standard InChI is InChI=1S/C31H36FN3O5S/c1-4-5-18-33-31(38)29(19-24-10-7-6-8-11-24)34(21-25-14-16-27(32)17-15-25)30(37)22-35(41(3,39)40)28-13-9-12-26(20-28)23(2)36/h6-17,20,29H,4-5,18-19,21-22H2,1-3H3,(H,33,38). The third-order valence-electron chi connectivity index (χ3n) is 6.59. The van der Waals surface area contributed by atoms with Gasteiger partial charge in [0.2, 0.25) is 21.8 Å². The summed E-state index contributed by atoms with van der Waals surface area (Å²) in [6.07, 6.45) is 2.78. The summed E-state index contributed by atoms with van der Waals surface area (Å²) < 4.78 is 40.4. The molecule has 0 radical (unpaired) electrons. The van der Waals surface area contributed by atoms with E-state index < -0.39 is 34.3 Å². The molecule has 0 aliphatic heterocycles. The van der Waals surface area contributed by atoms with Crippen molar-refractivity contribution in [2.45, 2.75) is 45.7 Å². The molecule has 8 nitrogen and oxygen atoms in total. The summed E-state index contributed by atoms with van der Waals surface area (Å²) >= 11 is 0. The lowest BCUT2D eigenvalue weighted by Crippen LogP contribution is -2.53. The first-order valence-electron chi connectivity index (χ1n) is 13.4. The second-order valence-corrected chi connectivity index (χ2v) is 11.8. The molecular weight excluding hydrogens is 545 g/mol. The van der Waals surface area contributed by atoms with Crippen LogP contribution in [-0.2, 0) is 32.6 Å². The number of Topliss-reactive ketones (excluding diaryl/α,β-unsaturated/α-hetero) is 1. The molecule has 10 heteroatoms. The van der Waals surface area contributed by atoms with Crippen molar-refractivity contribution in [3.63, 3.8) is 0 Å². The molecule has 0 spiro atoms. The quantitative estimate of drug-likeness (QED) is 0.225. The van der Waals surface area contributed by atoms with Crippen LogP contribution in [0.25, 0.3) is 0 Å². The molecule has 1 unspecified atom stereocenters. The zero-order chi connectivity index (χ0) is 30.0. The number of anilines is 1. The maximum Gasteiger partial charge on any atom is 0.244 e. The number of sulfonamides is 1. The highest BCUT2D eigenvalue weighted by Crippen LogP contribution is 2.22. The van der Waals surface area contributed by atoms with Crippen molar-refractivity contribution in [3.05, 3.63) is 101 Å². The molecule has 3 rings (SSSR count). The van der Waals surface area contributed by atoms with Gasteiger partial charge >= 0.3 is 0 Å². The zero-order valence-electron chi connectivity index (χ0n) is 23.5. The van der Waals surface area contributed by atoms with E-state index in [0.717, 1.165) is 29.0 Å². The fourth-order valence-corrected chi connectivity index (χ4v) is 5.18. The Morgan fingerprint density at radius 2 is 1.61 bits per heavy atom. The molecule has 1 N–H and O–H groups in total. The predicted octanol–water partition coefficient (Wildman–Crippen LogP) is 4.35. The largest absolute Gasteiger partial charge is 0.354 e. The summed E-state index contributed by atoms with van der Waals surface area (Å²) in [4.78, 5) is 40.9. The lowest BCUT2D eigenvalue weighted by molar-refractivity contribution is -0.140. The predicted molar refractivity (Wildman–Crippen MR) is 157 cm³/mol. The van der Waals surface area contributed by atoms with E-state index in [-0.39, 0.29) is 30.3 Å². The number of hydrogen-bond donors (Lipinski definition) is 1. The number of hydrogen-bond acceptors (Lipinski definition) is 5. The van der Waals surface area contributed by atoms with Gasteiger partial charge < -0.3 is 10.2 Å². The van der Waals surface area contributed by atoms with Gasteiger partial charge in [-0.1, -0.05) is 67.9 Å². The Morgan fingerprint density at radius 1 is 0.927 bits per heavy atom. The van der Waals surface area contributed by atoms with E-state index in [1.807, 2.05) is 37.3 Å². The van der Waals surface area contributed by atoms with Crippen LogP contribution < -0.4 is 9.62 Å². The van der Waals surface area contributed by atoms with E-state index in [9.17, 15) is 27.2 Å². The molecular formula is C31H36FN3O5S. The smallest absolute Gasteiger partial charge is 0.244 e. The van der Waals surface area contributed by atoms with Crippen LogP contribution in [0.4, 0.5) is 10.1 Å². The lowest BCUT2D eigenvalue weighted by Gasteiger charge is -2.33. The van der Waals surface area contributed by atoms with E-state index in [1.54, 1.807) is 12.1 Å². The zero-order valence-corrected chi connectivity index (χ0v) is 24.4. The summed E-state index contributed by atoms with van der Waals surface area (Å²) in [7, 11) is -3.97. The Hall–Kier alpha value is -4.05. The van der Waals surface area contributed by atoms with Crippen LogP contribution >= 0.6 is 0 Å². The van der Waals surface area contributed by atoms with Crippen LogP contribution in [0.1, 0.15) is 48.2 Å². The van der Waals surface area contributed by atoms with Gasteiger partial charge in [-0.2, -0.15) is 0 Å². The third-order valence-corrected chi connectivity index (χ3v) is 7.73. The highest BCUT2D eigenvalue weighted by atomic mass is 32.2. The van der Waals surface area contributed by atoms with E-state index >= 15 is 0 Å². The van der Waals surface area contributed by atoms with Gasteiger partial charge in [0.05, 0.1) is 11.9 Å². The summed E-state index contributed by atoms with van der Waals surface area (Å²) in [5, 5.41) is 2.91. The minimum atomic E-state index is -3.97. The Bertz CT molecular complexity index is 1450. The lowest BCUT2D eigenvalue weighted by atomic mass is 10.0. The molecule has 0 bridgehead atoms. The molecule has 3 aromatic carbocycles. The second-order valence-electron chi connectivity index (χ2n) is 9.87. The fourth-order valence-electron chi connectivity index (χ4n) is 4.34. The molecule has 0 fully saturated rings. The van der Waals surface area contributed by atoms with Crippen molar-refractivity contribution in [1.82, 2.24) is 10.2 Å². The monoisotopic (exact) mass is 581 g/mol. The highest BCUT2D eigenvalue weighted by molar-refractivity contribution is 7.92. The highest BCUT2D eigenvalue weighted by Gasteiger charge is 2.33. The first kappa shape index (κ1) is 31.5. The van der Waals surface area contributed by atoms with Crippen LogP contribution in [0, 0.1) is 5.82 Å². The minimum Gasteiger partial charge on any atom is -0.354 e. The van der Waals surface area contributed by atoms with Crippen LogP contribution in [0.5, 0.6) is 0 Å². The average Bonchev–Trinajstić information content (AvgIpc) is 2.94. The molecule has 0 heterocycles. The summed E-state index contributed by atoms with van der Waals surface area (Å²) in [6.45, 7) is 3.13. The second kappa shape index (κ2) is 14.5. The molecule has 0 aliphatic carbocycles. The molecule has 0 aromatic heterocycles. The van der Waals surface area contributed by atoms with Gasteiger partial charge in [0.1, 0.15) is 18.4 Å². The maximum atomic E-state index is 14.0. The first-order valence-corrected chi connectivity index (χ1v) is 15.3. The molecule has 0 saturated carbocycles. The SMILES string of the molecule is CCCCNC(=O)C(Cc1ccccc1)N(Cc1ccc(F)cc1)C(=O)CN(c1cccc(C(C)=O)c1)S(C)(=O)=O. The van der Waals surface area contributed by atoms with Gasteiger partial charge in [-0.15, -0.1) is 0 Å². The van der Waals surface area contributed by atoms with E-state index in [0.29, 0.717) is 17.7 Å². The van der Waals surface area contributed by atoms with Crippen LogP contribution in [0.15, 0.2) is 78.9 Å². The van der Waals surface area contributed by atoms with Crippen molar-refractivity contribution >= 4 is 33.3 Å². The van der Waals surface area contributed by atoms with Crippen LogP contribution in [0.2, 0.25) is 0 Å². The molecule has 0 saturated heterocycles. The van der Waals surface area contributed by atoms with Gasteiger partial charge in [-0.05, 0) is 48.7 Å². The van der Waals surface area contributed by atoms with Gasteiger partial charge in [-0.25, -0.2) is 12.8 Å². The van der Waals surface area contributed by atoms with Gasteiger partial charge in [0.25, 0.3) is 0 Å². The number of nitrogens with zero attached hydrogens (tertiary/aromatic N) is 2. The normalized spacial score (nSPS) is 11.9. The molecule has 3 aromatic rings. The molecule has 0 aliphatic rings. The number of ketones is 1. The number of amides is 2. The fraction of sp³-hybridized carbons (Fsp3) is 0.323. The number of benzene rings is 3. The van der Waals surface area contributed by atoms with Crippen LogP contribution in [0.3, 0.4) is 0 Å². The van der Waals surface area contributed by atoms with Gasteiger partial charge in [0, 0.05) is 25.1 Å². The van der Waals surface area contributed by atoms with Crippen molar-refractivity contribution in [1.29, 1.82) is 0 Å². The number of halogens is 1. The average molecular weight is 582 g/mol. The van der Waals surface area contributed by atoms with Crippen LogP contribution in [-0.4, -0.2) is 56.3 Å². The van der Waals surface area contributed by atoms with Gasteiger partial charge in [-0.3, -0.25) is 18.7 Å². The number of rotatable bonds is 14. The Morgan fingerprint density at radius 3 is 2.22 bits per heavy atom. The molecule has 218 valence electrons. The Kier molecular flexibility index (Phi) is 11.2. The summed E-state index contributed by atoms with van der Waals surface area (Å²) in [5.41, 5.74) is 1.84. The van der Waals surface area contributed by atoms with E-state index in [4.69, 9.17) is 0 Å². The first-order chi connectivity index (χ1) is 19.5. The van der Waals surface area contributed by atoms with Crippen molar-refractivity contribution in [3.8, 4) is 0 Å². The number of nitrogens with one attached hydrogen (secondary N) is 1. The number of carbonyl (C=O) groups is 3. The molecule has 1 atom stereocenters. The Balaban J connectivity index is 2.04. The summed E-state index contributed by atoms with van der Waals surface area (Å²) in [5.74, 6) is -1.70. The van der Waals surface area contributed by atoms with Gasteiger partial charge in [0.15, 0.2) is 5.78 Å². The third kappa shape index (κ3) is 9.24. The maximum absolute atomic E-state index is 14.0. The van der Waals surface area contributed by atoms with E-state index in [1.165, 1.54) is 48.2 Å². The molecule has 41 heavy (non-hydrogen) atoms. The van der Waals surface area contributed by atoms with Crippen molar-refractivity contribution < 1.29 is 27.2 Å². The molecule has 2 amide bonds. The topological polar surface area (TPSA) is 104 Å².